The molecule has 0 radical (unpaired) electrons. The summed E-state index contributed by atoms with van der Waals surface area (Å²) >= 11 is 0. The van der Waals surface area contributed by atoms with Crippen LogP contribution in [-0.2, 0) is 0 Å². The number of aromatic hydroxyl groups is 1. The topological polar surface area (TPSA) is 87.9 Å². The van der Waals surface area contributed by atoms with Crippen molar-refractivity contribution >= 4 is 30.5 Å². The van der Waals surface area contributed by atoms with Crippen LogP contribution in [0, 0.1) is 10.1 Å². The van der Waals surface area contributed by atoms with E-state index in [1.165, 1.54) is 12.0 Å². The molecule has 0 aliphatic carbocycles. The van der Waals surface area contributed by atoms with Crippen molar-refractivity contribution in [2.75, 3.05) is 33.3 Å². The summed E-state index contributed by atoms with van der Waals surface area (Å²) in [5.41, 5.74) is -0.589. The number of phenolic OH excluding ortho intramolecular Hbond substituents is 1. The van der Waals surface area contributed by atoms with Gasteiger partial charge < -0.3 is 15.2 Å². The van der Waals surface area contributed by atoms with Gasteiger partial charge in [-0.25, -0.2) is 8.78 Å². The number of nitro benzene ring substituents is 1. The Bertz CT molecular complexity index is 560. The molecule has 1 heterocycles. The van der Waals surface area contributed by atoms with Gasteiger partial charge in [0.05, 0.1) is 18.1 Å². The van der Waals surface area contributed by atoms with Crippen LogP contribution in [0.1, 0.15) is 11.6 Å². The van der Waals surface area contributed by atoms with E-state index in [-0.39, 0.29) is 36.1 Å². The second-order valence-corrected chi connectivity index (χ2v) is 4.91. The van der Waals surface area contributed by atoms with E-state index < -0.39 is 28.8 Å². The second-order valence-electron chi connectivity index (χ2n) is 4.91. The van der Waals surface area contributed by atoms with Gasteiger partial charge in [-0.1, -0.05) is 0 Å². The summed E-state index contributed by atoms with van der Waals surface area (Å²) < 4.78 is 31.9. The Morgan fingerprint density at radius 3 is 2.38 bits per heavy atom. The average molecular weight is 390 g/mol. The SMILES string of the molecule is COc1cc([N+](=O)[O-])cc([C@H](C(F)F)N2CCNCC2)c1O.Cl.Cl. The third kappa shape index (κ3) is 4.79. The first kappa shape index (κ1) is 22.6. The molecule has 7 nitrogen and oxygen atoms in total. The van der Waals surface area contributed by atoms with Crippen molar-refractivity contribution in [3.05, 3.63) is 27.8 Å². The number of phenols is 1. The molecule has 0 unspecified atom stereocenters. The molecular weight excluding hydrogens is 371 g/mol. The number of piperazine rings is 1. The summed E-state index contributed by atoms with van der Waals surface area (Å²) in [6.07, 6.45) is -2.80. The van der Waals surface area contributed by atoms with E-state index in [4.69, 9.17) is 4.74 Å². The number of methoxy groups -OCH3 is 1. The zero-order valence-corrected chi connectivity index (χ0v) is 14.4. The van der Waals surface area contributed by atoms with Crippen LogP contribution < -0.4 is 10.1 Å². The largest absolute Gasteiger partial charge is 0.504 e. The van der Waals surface area contributed by atoms with Gasteiger partial charge in [-0.3, -0.25) is 15.0 Å². The first-order valence-corrected chi connectivity index (χ1v) is 6.74. The van der Waals surface area contributed by atoms with Gasteiger partial charge in [-0.05, 0) is 0 Å². The fraction of sp³-hybridized carbons (Fsp3) is 0.538. The van der Waals surface area contributed by atoms with Gasteiger partial charge in [0, 0.05) is 37.8 Å². The Kier molecular flexibility index (Phi) is 9.20. The lowest BCUT2D eigenvalue weighted by Gasteiger charge is -2.34. The molecule has 24 heavy (non-hydrogen) atoms. The fourth-order valence-electron chi connectivity index (χ4n) is 2.55. The van der Waals surface area contributed by atoms with Gasteiger partial charge in [-0.15, -0.1) is 24.8 Å². The van der Waals surface area contributed by atoms with E-state index in [1.807, 2.05) is 0 Å². The molecule has 2 N–H and O–H groups in total. The first-order chi connectivity index (χ1) is 10.5. The van der Waals surface area contributed by atoms with Crippen LogP contribution in [-0.4, -0.2) is 54.6 Å². The maximum Gasteiger partial charge on any atom is 0.273 e. The number of rotatable bonds is 5. The zero-order valence-electron chi connectivity index (χ0n) is 12.8. The molecule has 11 heteroatoms. The number of nitro groups is 1. The highest BCUT2D eigenvalue weighted by molar-refractivity contribution is 5.85. The summed E-state index contributed by atoms with van der Waals surface area (Å²) in [5, 5.41) is 24.1. The molecule has 1 fully saturated rings. The number of benzene rings is 1. The van der Waals surface area contributed by atoms with Crippen molar-refractivity contribution in [3.8, 4) is 11.5 Å². The number of hydrogen-bond acceptors (Lipinski definition) is 6. The standard InChI is InChI=1S/C13H17F2N3O4.2ClH/c1-22-10-7-8(18(20)21)6-9(12(10)19)11(13(14)15)17-4-2-16-3-5-17;;/h6-7,11,13,16,19H,2-5H2,1H3;2*1H/t11-;;/m1../s1. The van der Waals surface area contributed by atoms with E-state index in [0.717, 1.165) is 12.1 Å². The molecule has 2 rings (SSSR count). The van der Waals surface area contributed by atoms with E-state index in [1.54, 1.807) is 0 Å². The van der Waals surface area contributed by atoms with Crippen LogP contribution in [0.5, 0.6) is 11.5 Å². The lowest BCUT2D eigenvalue weighted by atomic mass is 10.0. The first-order valence-electron chi connectivity index (χ1n) is 6.74. The van der Waals surface area contributed by atoms with Crippen molar-refractivity contribution in [2.45, 2.75) is 12.5 Å². The summed E-state index contributed by atoms with van der Waals surface area (Å²) in [7, 11) is 1.21. The van der Waals surface area contributed by atoms with Crippen molar-refractivity contribution in [1.82, 2.24) is 10.2 Å². The molecule has 0 aromatic heterocycles. The number of alkyl halides is 2. The average Bonchev–Trinajstić information content (AvgIpc) is 2.49. The van der Waals surface area contributed by atoms with Crippen molar-refractivity contribution in [3.63, 3.8) is 0 Å². The number of hydrogen-bond donors (Lipinski definition) is 2. The molecule has 1 aromatic rings. The predicted octanol–water partition coefficient (Wildman–Crippen LogP) is 2.36. The summed E-state index contributed by atoms with van der Waals surface area (Å²) in [4.78, 5) is 11.8. The summed E-state index contributed by atoms with van der Waals surface area (Å²) in [6.45, 7) is 1.80. The Hall–Kier alpha value is -1.42. The maximum atomic E-state index is 13.5. The Morgan fingerprint density at radius 1 is 1.33 bits per heavy atom. The van der Waals surface area contributed by atoms with Gasteiger partial charge in [0.2, 0.25) is 0 Å². The Labute approximate surface area is 149 Å². The van der Waals surface area contributed by atoms with Crippen LogP contribution in [0.25, 0.3) is 0 Å². The van der Waals surface area contributed by atoms with Gasteiger partial charge in [0.25, 0.3) is 12.1 Å². The van der Waals surface area contributed by atoms with Crippen molar-refractivity contribution in [2.24, 2.45) is 0 Å². The van der Waals surface area contributed by atoms with Gasteiger partial charge >= 0.3 is 0 Å². The third-order valence-electron chi connectivity index (χ3n) is 3.62. The quantitative estimate of drug-likeness (QED) is 0.593. The fourth-order valence-corrected chi connectivity index (χ4v) is 2.55. The summed E-state index contributed by atoms with van der Waals surface area (Å²) in [5.74, 6) is -0.679. The molecule has 1 aliphatic heterocycles. The van der Waals surface area contributed by atoms with E-state index >= 15 is 0 Å². The lowest BCUT2D eigenvalue weighted by Crippen LogP contribution is -2.46. The number of halogens is 4. The third-order valence-corrected chi connectivity index (χ3v) is 3.62. The molecule has 1 atom stereocenters. The predicted molar refractivity (Wildman–Crippen MR) is 89.0 cm³/mol. The molecule has 0 bridgehead atoms. The minimum absolute atomic E-state index is 0. The van der Waals surface area contributed by atoms with Gasteiger partial charge in [-0.2, -0.15) is 0 Å². The zero-order chi connectivity index (χ0) is 16.3. The highest BCUT2D eigenvalue weighted by Crippen LogP contribution is 2.41. The van der Waals surface area contributed by atoms with Crippen LogP contribution in [0.4, 0.5) is 14.5 Å². The highest BCUT2D eigenvalue weighted by atomic mass is 35.5. The molecule has 0 saturated carbocycles. The lowest BCUT2D eigenvalue weighted by molar-refractivity contribution is -0.385. The van der Waals surface area contributed by atoms with Crippen LogP contribution >= 0.6 is 24.8 Å². The normalized spacial score (nSPS) is 16.0. The van der Waals surface area contributed by atoms with Crippen molar-refractivity contribution in [1.29, 1.82) is 0 Å². The molecular formula is C13H19Cl2F2N3O4. The molecule has 0 amide bonds. The Balaban J connectivity index is 0.00000264. The van der Waals surface area contributed by atoms with Crippen LogP contribution in [0.3, 0.4) is 0 Å². The number of nitrogens with one attached hydrogen (secondary N) is 1. The Morgan fingerprint density at radius 2 is 1.92 bits per heavy atom. The van der Waals surface area contributed by atoms with Crippen LogP contribution in [0.2, 0.25) is 0 Å². The van der Waals surface area contributed by atoms with E-state index in [2.05, 4.69) is 5.32 Å². The monoisotopic (exact) mass is 389 g/mol. The molecule has 138 valence electrons. The number of ether oxygens (including phenoxy) is 1. The molecule has 1 saturated heterocycles. The van der Waals surface area contributed by atoms with E-state index in [9.17, 15) is 24.0 Å². The van der Waals surface area contributed by atoms with Gasteiger partial charge in [0.15, 0.2) is 11.5 Å². The van der Waals surface area contributed by atoms with Crippen molar-refractivity contribution < 1.29 is 23.5 Å². The summed E-state index contributed by atoms with van der Waals surface area (Å²) in [6, 6.07) is 0.575. The highest BCUT2D eigenvalue weighted by Gasteiger charge is 2.34. The minimum atomic E-state index is -2.80. The minimum Gasteiger partial charge on any atom is -0.504 e. The number of nitrogens with zero attached hydrogens (tertiary/aromatic N) is 2. The molecule has 1 aromatic carbocycles. The van der Waals surface area contributed by atoms with Crippen LogP contribution in [0.15, 0.2) is 12.1 Å². The second kappa shape index (κ2) is 9.77. The van der Waals surface area contributed by atoms with Gasteiger partial charge in [0.1, 0.15) is 6.04 Å². The smallest absolute Gasteiger partial charge is 0.273 e. The van der Waals surface area contributed by atoms with E-state index in [0.29, 0.717) is 26.2 Å². The number of non-ortho nitro benzene ring substituents is 1. The molecule has 1 aliphatic rings. The molecule has 0 spiro atoms. The maximum absolute atomic E-state index is 13.5.